The summed E-state index contributed by atoms with van der Waals surface area (Å²) in [7, 11) is 0. The predicted octanol–water partition coefficient (Wildman–Crippen LogP) is 3.84. The second-order valence-corrected chi connectivity index (χ2v) is 5.97. The summed E-state index contributed by atoms with van der Waals surface area (Å²) in [6.07, 6.45) is 1.25. The Morgan fingerprint density at radius 1 is 1.29 bits per heavy atom. The number of hydrogen-bond acceptors (Lipinski definition) is 4. The Morgan fingerprint density at radius 3 is 2.62 bits per heavy atom. The number of phenols is 1. The third-order valence-electron chi connectivity index (χ3n) is 3.21. The van der Waals surface area contributed by atoms with Gasteiger partial charge in [-0.1, -0.05) is 41.4 Å². The second-order valence-electron chi connectivity index (χ2n) is 5.13. The molecule has 5 nitrogen and oxygen atoms in total. The van der Waals surface area contributed by atoms with E-state index in [1.54, 1.807) is 0 Å². The van der Waals surface area contributed by atoms with Gasteiger partial charge in [-0.25, -0.2) is 5.43 Å². The first-order chi connectivity index (χ1) is 11.4. The van der Waals surface area contributed by atoms with Gasteiger partial charge in [-0.05, 0) is 37.1 Å². The average molecular weight is 367 g/mol. The molecule has 0 aliphatic heterocycles. The fourth-order valence-corrected chi connectivity index (χ4v) is 2.56. The minimum Gasteiger partial charge on any atom is -0.506 e. The molecule has 126 valence electrons. The number of rotatable bonds is 5. The molecule has 0 aliphatic rings. The largest absolute Gasteiger partial charge is 0.506 e. The van der Waals surface area contributed by atoms with E-state index in [1.807, 2.05) is 32.0 Å². The molecule has 2 aromatic rings. The van der Waals surface area contributed by atoms with Gasteiger partial charge in [-0.3, -0.25) is 4.79 Å². The zero-order valence-electron chi connectivity index (χ0n) is 13.1. The number of nitrogens with one attached hydrogen (secondary N) is 1. The van der Waals surface area contributed by atoms with E-state index < -0.39 is 5.91 Å². The van der Waals surface area contributed by atoms with Gasteiger partial charge in [0.1, 0.15) is 11.5 Å². The first-order valence-corrected chi connectivity index (χ1v) is 7.83. The molecule has 24 heavy (non-hydrogen) atoms. The third-order valence-corrected chi connectivity index (χ3v) is 3.71. The molecule has 0 spiro atoms. The van der Waals surface area contributed by atoms with Crippen molar-refractivity contribution < 1.29 is 14.6 Å². The van der Waals surface area contributed by atoms with Crippen LogP contribution in [0.2, 0.25) is 10.0 Å². The average Bonchev–Trinajstić information content (AvgIpc) is 2.51. The molecule has 2 aromatic carbocycles. The minimum absolute atomic E-state index is 0.105. The van der Waals surface area contributed by atoms with E-state index in [9.17, 15) is 9.90 Å². The Bertz CT molecular complexity index is 771. The molecule has 2 rings (SSSR count). The van der Waals surface area contributed by atoms with Crippen LogP contribution in [0.25, 0.3) is 0 Å². The summed E-state index contributed by atoms with van der Waals surface area (Å²) in [5.41, 5.74) is 4.51. The zero-order valence-corrected chi connectivity index (χ0v) is 14.6. The molecule has 0 atom stereocenters. The Kier molecular flexibility index (Phi) is 6.06. The number of para-hydroxylation sites is 1. The number of hydrazone groups is 1. The summed E-state index contributed by atoms with van der Waals surface area (Å²) < 4.78 is 5.52. The van der Waals surface area contributed by atoms with E-state index in [4.69, 9.17) is 27.9 Å². The number of carbonyl (C=O) groups is 1. The number of nitrogens with zero attached hydrogens (tertiary/aromatic N) is 1. The summed E-state index contributed by atoms with van der Waals surface area (Å²) in [4.78, 5) is 11.8. The van der Waals surface area contributed by atoms with Crippen LogP contribution in [0.1, 0.15) is 16.7 Å². The van der Waals surface area contributed by atoms with Gasteiger partial charge in [0.2, 0.25) is 0 Å². The van der Waals surface area contributed by atoms with Crippen molar-refractivity contribution in [3.63, 3.8) is 0 Å². The number of phenolic OH excluding ortho intramolecular Hbond substituents is 1. The number of carbonyl (C=O) groups excluding carboxylic acids is 1. The monoisotopic (exact) mass is 366 g/mol. The van der Waals surface area contributed by atoms with Crippen LogP contribution in [0.4, 0.5) is 0 Å². The van der Waals surface area contributed by atoms with E-state index in [-0.39, 0.29) is 17.4 Å². The fraction of sp³-hybridized carbons (Fsp3) is 0.176. The van der Waals surface area contributed by atoms with Crippen molar-refractivity contribution in [2.45, 2.75) is 13.8 Å². The third kappa shape index (κ3) is 4.63. The quantitative estimate of drug-likeness (QED) is 0.623. The number of hydrogen-bond donors (Lipinski definition) is 2. The Labute approximate surface area is 149 Å². The van der Waals surface area contributed by atoms with Crippen LogP contribution in [-0.2, 0) is 4.79 Å². The maximum atomic E-state index is 11.8. The van der Waals surface area contributed by atoms with Crippen LogP contribution in [0, 0.1) is 13.8 Å². The maximum Gasteiger partial charge on any atom is 0.277 e. The summed E-state index contributed by atoms with van der Waals surface area (Å²) in [6, 6.07) is 8.62. The molecule has 0 saturated heterocycles. The molecule has 0 bridgehead atoms. The number of halogens is 2. The molecule has 0 heterocycles. The van der Waals surface area contributed by atoms with Crippen LogP contribution < -0.4 is 10.2 Å². The lowest BCUT2D eigenvalue weighted by molar-refractivity contribution is -0.123. The molecular formula is C17H16Cl2N2O3. The molecule has 2 N–H and O–H groups in total. The lowest BCUT2D eigenvalue weighted by Crippen LogP contribution is -2.25. The number of ether oxygens (including phenoxy) is 1. The van der Waals surface area contributed by atoms with E-state index in [2.05, 4.69) is 10.5 Å². The topological polar surface area (TPSA) is 70.9 Å². The normalized spacial score (nSPS) is 10.8. The highest BCUT2D eigenvalue weighted by Gasteiger charge is 2.08. The summed E-state index contributed by atoms with van der Waals surface area (Å²) in [5, 5.41) is 14.0. The first-order valence-electron chi connectivity index (χ1n) is 7.07. The summed E-state index contributed by atoms with van der Waals surface area (Å²) in [5.74, 6) is 0.0864. The Hall–Kier alpha value is -2.24. The van der Waals surface area contributed by atoms with Gasteiger partial charge in [-0.15, -0.1) is 0 Å². The van der Waals surface area contributed by atoms with Crippen LogP contribution in [0.3, 0.4) is 0 Å². The van der Waals surface area contributed by atoms with Crippen molar-refractivity contribution >= 4 is 35.3 Å². The molecule has 0 fully saturated rings. The number of amides is 1. The molecule has 7 heteroatoms. The standard InChI is InChI=1S/C17H16Cl2N2O3/c1-10-4-3-5-11(2)17(10)24-9-15(22)21-20-8-12-6-13(18)7-14(19)16(12)23/h3-8,23H,9H2,1-2H3,(H,21,22)/b20-8+. The van der Waals surface area contributed by atoms with Gasteiger partial charge in [0, 0.05) is 10.6 Å². The molecule has 0 unspecified atom stereocenters. The van der Waals surface area contributed by atoms with E-state index >= 15 is 0 Å². The fourth-order valence-electron chi connectivity index (χ4n) is 2.05. The SMILES string of the molecule is Cc1cccc(C)c1OCC(=O)N/N=C/c1cc(Cl)cc(Cl)c1O. The van der Waals surface area contributed by atoms with E-state index in [0.717, 1.165) is 11.1 Å². The van der Waals surface area contributed by atoms with Gasteiger partial charge in [0.25, 0.3) is 5.91 Å². The van der Waals surface area contributed by atoms with Crippen LogP contribution in [0.15, 0.2) is 35.4 Å². The highest BCUT2D eigenvalue weighted by Crippen LogP contribution is 2.29. The van der Waals surface area contributed by atoms with Crippen molar-refractivity contribution in [1.29, 1.82) is 0 Å². The lowest BCUT2D eigenvalue weighted by Gasteiger charge is -2.10. The molecule has 1 amide bonds. The van der Waals surface area contributed by atoms with Gasteiger partial charge in [0.15, 0.2) is 6.61 Å². The number of aromatic hydroxyl groups is 1. The van der Waals surface area contributed by atoms with Crippen LogP contribution >= 0.6 is 23.2 Å². The second kappa shape index (κ2) is 8.04. The van der Waals surface area contributed by atoms with E-state index in [0.29, 0.717) is 16.3 Å². The van der Waals surface area contributed by atoms with Crippen molar-refractivity contribution in [3.05, 3.63) is 57.1 Å². The highest BCUT2D eigenvalue weighted by molar-refractivity contribution is 6.36. The maximum absolute atomic E-state index is 11.8. The first kappa shape index (κ1) is 18.1. The highest BCUT2D eigenvalue weighted by atomic mass is 35.5. The van der Waals surface area contributed by atoms with Crippen LogP contribution in [0.5, 0.6) is 11.5 Å². The number of benzene rings is 2. The van der Waals surface area contributed by atoms with Crippen molar-refractivity contribution in [1.82, 2.24) is 5.43 Å². The molecule has 0 aliphatic carbocycles. The van der Waals surface area contributed by atoms with Crippen LogP contribution in [-0.4, -0.2) is 23.8 Å². The lowest BCUT2D eigenvalue weighted by atomic mass is 10.1. The van der Waals surface area contributed by atoms with Gasteiger partial charge in [-0.2, -0.15) is 5.10 Å². The Balaban J connectivity index is 1.94. The van der Waals surface area contributed by atoms with Gasteiger partial charge < -0.3 is 9.84 Å². The molecule has 0 radical (unpaired) electrons. The smallest absolute Gasteiger partial charge is 0.277 e. The zero-order chi connectivity index (χ0) is 17.7. The van der Waals surface area contributed by atoms with Crippen molar-refractivity contribution in [2.24, 2.45) is 5.10 Å². The molecular weight excluding hydrogens is 351 g/mol. The number of aryl methyl sites for hydroxylation is 2. The van der Waals surface area contributed by atoms with E-state index in [1.165, 1.54) is 18.3 Å². The molecule has 0 saturated carbocycles. The summed E-state index contributed by atoms with van der Waals surface area (Å²) >= 11 is 11.7. The summed E-state index contributed by atoms with van der Waals surface area (Å²) in [6.45, 7) is 3.64. The van der Waals surface area contributed by atoms with Crippen molar-refractivity contribution in [3.8, 4) is 11.5 Å². The predicted molar refractivity (Wildman–Crippen MR) is 95.3 cm³/mol. The van der Waals surface area contributed by atoms with Gasteiger partial charge in [0.05, 0.1) is 11.2 Å². The Morgan fingerprint density at radius 2 is 1.96 bits per heavy atom. The minimum atomic E-state index is -0.429. The molecule has 0 aromatic heterocycles. The van der Waals surface area contributed by atoms with Gasteiger partial charge >= 0.3 is 0 Å². The van der Waals surface area contributed by atoms with Crippen molar-refractivity contribution in [2.75, 3.05) is 6.61 Å².